The van der Waals surface area contributed by atoms with Gasteiger partial charge in [0.1, 0.15) is 36.1 Å². The normalized spacial score (nSPS) is 22.1. The van der Waals surface area contributed by atoms with Crippen LogP contribution in [0.4, 0.5) is 9.59 Å². The second kappa shape index (κ2) is 17.2. The van der Waals surface area contributed by atoms with Gasteiger partial charge in [-0.05, 0) is 111 Å². The fourth-order valence-electron chi connectivity index (χ4n) is 10.2. The Kier molecular flexibility index (Phi) is 11.5. The monoisotopic (exact) mass is 860 g/mol. The Morgan fingerprint density at radius 2 is 1.49 bits per heavy atom. The maximum absolute atomic E-state index is 14.4. The van der Waals surface area contributed by atoms with Gasteiger partial charge in [0, 0.05) is 36.2 Å². The summed E-state index contributed by atoms with van der Waals surface area (Å²) in [6.07, 6.45) is 5.04. The molecule has 0 saturated carbocycles. The molecule has 0 spiro atoms. The average molecular weight is 861 g/mol. The van der Waals surface area contributed by atoms with Crippen molar-refractivity contribution >= 4 is 45.8 Å². The van der Waals surface area contributed by atoms with Crippen LogP contribution in [0, 0.1) is 11.8 Å². The van der Waals surface area contributed by atoms with Gasteiger partial charge in [-0.1, -0.05) is 32.0 Å². The number of hydrogen-bond acceptors (Lipinski definition) is 10. The van der Waals surface area contributed by atoms with Crippen molar-refractivity contribution in [3.8, 4) is 28.1 Å². The number of likely N-dealkylation sites (tertiary alicyclic amines) is 2. The summed E-state index contributed by atoms with van der Waals surface area (Å²) in [5.41, 5.74) is 6.58. The summed E-state index contributed by atoms with van der Waals surface area (Å²) in [6, 6.07) is 12.6. The molecule has 4 aliphatic rings. The molecule has 0 bridgehead atoms. The zero-order chi connectivity index (χ0) is 44.1. The third-order valence-electron chi connectivity index (χ3n) is 13.6. The Labute approximate surface area is 365 Å². The van der Waals surface area contributed by atoms with Crippen molar-refractivity contribution in [2.45, 2.75) is 109 Å². The molecule has 2 aromatic heterocycles. The molecule has 9 rings (SSSR count). The number of hydrogen-bond donors (Lipinski definition) is 4. The molecular formula is C47H56N8O8. The second-order valence-electron chi connectivity index (χ2n) is 17.8. The number of imidazole rings is 2. The van der Waals surface area contributed by atoms with Crippen LogP contribution in [-0.4, -0.2) is 105 Å². The Balaban J connectivity index is 0.964. The van der Waals surface area contributed by atoms with Crippen LogP contribution in [0.2, 0.25) is 0 Å². The summed E-state index contributed by atoms with van der Waals surface area (Å²) in [4.78, 5) is 73.6. The molecule has 63 heavy (non-hydrogen) atoms. The van der Waals surface area contributed by atoms with Crippen molar-refractivity contribution < 1.29 is 38.1 Å². The number of benzene rings is 3. The lowest BCUT2D eigenvalue weighted by atomic mass is 9.90. The number of H-pyrrole nitrogens is 2. The number of fused-ring (bicyclic) bond motifs is 6. The number of methoxy groups -OCH3 is 2. The highest BCUT2D eigenvalue weighted by Crippen LogP contribution is 2.44. The summed E-state index contributed by atoms with van der Waals surface area (Å²) in [5.74, 6) is 1.73. The summed E-state index contributed by atoms with van der Waals surface area (Å²) < 4.78 is 21.8. The van der Waals surface area contributed by atoms with Crippen LogP contribution in [-0.2, 0) is 30.4 Å². The van der Waals surface area contributed by atoms with Gasteiger partial charge in [0.15, 0.2) is 0 Å². The maximum atomic E-state index is 14.4. The van der Waals surface area contributed by atoms with Crippen LogP contribution in [0.25, 0.3) is 44.2 Å². The second-order valence-corrected chi connectivity index (χ2v) is 17.8. The third kappa shape index (κ3) is 7.82. The molecule has 6 unspecified atom stereocenters. The molecule has 16 nitrogen and oxygen atoms in total. The van der Waals surface area contributed by atoms with Crippen molar-refractivity contribution in [2.24, 2.45) is 11.8 Å². The van der Waals surface area contributed by atoms with Crippen molar-refractivity contribution in [1.82, 2.24) is 40.4 Å². The van der Waals surface area contributed by atoms with Gasteiger partial charge in [0.25, 0.3) is 0 Å². The first-order chi connectivity index (χ1) is 30.4. The van der Waals surface area contributed by atoms with Crippen LogP contribution in [0.5, 0.6) is 5.75 Å². The molecule has 6 heterocycles. The molecule has 4 aliphatic heterocycles. The topological polar surface area (TPSA) is 193 Å². The van der Waals surface area contributed by atoms with E-state index in [0.717, 1.165) is 87.0 Å². The van der Waals surface area contributed by atoms with Crippen LogP contribution >= 0.6 is 0 Å². The standard InChI is InChI=1S/C47H56N8O8/c1-24(2)39(52-46(58)60-5)44(56)54-25(3)7-13-36(54)42-48-22-35(50-42)29-9-11-31-30(19-29)23-63-38-21-32-28(20-33(31)38)10-12-34-41(32)51-43(49-34)37-14-8-26(4)55(37)45(57)40(53-47(59)61-6)27-15-17-62-18-16-27/h9-12,19-22,24-27,36-37,39-40H,7-8,13-18,23H2,1-6H3,(H,48,50)(H,49,51)(H,52,58)(H,53,59). The number of amides is 4. The SMILES string of the molecule is COC(=O)NC(C(=O)N1C(C)CCC1c1ncc(-c2ccc3c(c2)COc2cc4c(ccc5[nH]c(C6CCC(C)N6C(=O)C(NC(=O)OC)C6CCOCC6)nc54)cc2-3)[nH]1)C(C)C. The van der Waals surface area contributed by atoms with E-state index in [1.54, 1.807) is 0 Å². The number of ether oxygens (including phenoxy) is 4. The van der Waals surface area contributed by atoms with Gasteiger partial charge in [0.05, 0.1) is 49.2 Å². The lowest BCUT2D eigenvalue weighted by Gasteiger charge is -2.36. The fraction of sp³-hybridized carbons (Fsp3) is 0.489. The van der Waals surface area contributed by atoms with E-state index in [1.807, 2.05) is 42.8 Å². The quantitative estimate of drug-likeness (QED) is 0.117. The highest BCUT2D eigenvalue weighted by molar-refractivity contribution is 6.07. The van der Waals surface area contributed by atoms with Gasteiger partial charge in [-0.25, -0.2) is 19.6 Å². The predicted octanol–water partition coefficient (Wildman–Crippen LogP) is 7.30. The van der Waals surface area contributed by atoms with Crippen molar-refractivity contribution in [1.29, 1.82) is 0 Å². The minimum Gasteiger partial charge on any atom is -0.488 e. The third-order valence-corrected chi connectivity index (χ3v) is 13.6. The van der Waals surface area contributed by atoms with Gasteiger partial charge in [-0.3, -0.25) is 9.59 Å². The summed E-state index contributed by atoms with van der Waals surface area (Å²) in [6.45, 7) is 9.36. The Bertz CT molecular complexity index is 2560. The molecule has 0 radical (unpaired) electrons. The molecule has 5 aromatic rings. The molecule has 3 fully saturated rings. The number of rotatable bonds is 9. The number of carbonyl (C=O) groups excluding carboxylic acids is 4. The highest BCUT2D eigenvalue weighted by Gasteiger charge is 2.44. The zero-order valence-electron chi connectivity index (χ0n) is 36.7. The summed E-state index contributed by atoms with van der Waals surface area (Å²) in [7, 11) is 2.60. The van der Waals surface area contributed by atoms with Gasteiger partial charge in [0.2, 0.25) is 11.8 Å². The van der Waals surface area contributed by atoms with E-state index in [1.165, 1.54) is 14.2 Å². The fourth-order valence-corrected chi connectivity index (χ4v) is 10.2. The van der Waals surface area contributed by atoms with E-state index in [-0.39, 0.29) is 47.8 Å². The van der Waals surface area contributed by atoms with Crippen LogP contribution < -0.4 is 15.4 Å². The molecule has 6 atom stereocenters. The summed E-state index contributed by atoms with van der Waals surface area (Å²) in [5, 5.41) is 7.54. The zero-order valence-corrected chi connectivity index (χ0v) is 36.7. The molecule has 332 valence electrons. The molecule has 4 amide bonds. The predicted molar refractivity (Wildman–Crippen MR) is 235 cm³/mol. The largest absolute Gasteiger partial charge is 0.488 e. The van der Waals surface area contributed by atoms with E-state index in [4.69, 9.17) is 28.9 Å². The average Bonchev–Trinajstić information content (AvgIpc) is 4.12. The smallest absolute Gasteiger partial charge is 0.407 e. The lowest BCUT2D eigenvalue weighted by molar-refractivity contribution is -0.139. The Hall–Kier alpha value is -6.16. The lowest BCUT2D eigenvalue weighted by Crippen LogP contribution is -2.54. The first-order valence-corrected chi connectivity index (χ1v) is 22.1. The molecule has 4 N–H and O–H groups in total. The van der Waals surface area contributed by atoms with Gasteiger partial charge in [-0.2, -0.15) is 0 Å². The van der Waals surface area contributed by atoms with Crippen LogP contribution in [0.3, 0.4) is 0 Å². The Morgan fingerprint density at radius 3 is 2.21 bits per heavy atom. The number of nitrogens with zero attached hydrogens (tertiary/aromatic N) is 4. The van der Waals surface area contributed by atoms with Crippen molar-refractivity contribution in [2.75, 3.05) is 27.4 Å². The van der Waals surface area contributed by atoms with Gasteiger partial charge in [-0.15, -0.1) is 0 Å². The molecular weight excluding hydrogens is 805 g/mol. The van der Waals surface area contributed by atoms with Crippen molar-refractivity contribution in [3.63, 3.8) is 0 Å². The van der Waals surface area contributed by atoms with Crippen LogP contribution in [0.15, 0.2) is 48.7 Å². The first kappa shape index (κ1) is 42.2. The van der Waals surface area contributed by atoms with Gasteiger partial charge < -0.3 is 49.3 Å². The van der Waals surface area contributed by atoms with E-state index in [9.17, 15) is 19.2 Å². The molecule has 16 heteroatoms. The first-order valence-electron chi connectivity index (χ1n) is 22.1. The number of nitrogens with one attached hydrogen (secondary N) is 4. The minimum absolute atomic E-state index is 0.0179. The van der Waals surface area contributed by atoms with Crippen LogP contribution in [0.1, 0.15) is 95.5 Å². The van der Waals surface area contributed by atoms with E-state index in [2.05, 4.69) is 63.9 Å². The van der Waals surface area contributed by atoms with E-state index < -0.39 is 24.3 Å². The molecule has 3 saturated heterocycles. The summed E-state index contributed by atoms with van der Waals surface area (Å²) >= 11 is 0. The Morgan fingerprint density at radius 1 is 0.794 bits per heavy atom. The molecule has 3 aromatic carbocycles. The van der Waals surface area contributed by atoms with E-state index >= 15 is 0 Å². The maximum Gasteiger partial charge on any atom is 0.407 e. The van der Waals surface area contributed by atoms with E-state index in [0.29, 0.717) is 38.5 Å². The number of aromatic nitrogens is 4. The highest BCUT2D eigenvalue weighted by atomic mass is 16.5. The number of carbonyl (C=O) groups is 4. The minimum atomic E-state index is -0.722. The van der Waals surface area contributed by atoms with Gasteiger partial charge >= 0.3 is 12.2 Å². The number of alkyl carbamates (subject to hydrolysis) is 2. The molecule has 0 aliphatic carbocycles. The number of aromatic amines is 2. The van der Waals surface area contributed by atoms with Crippen molar-refractivity contribution in [3.05, 3.63) is 65.9 Å².